The molecule has 1 heterocycles. The van der Waals surface area contributed by atoms with Crippen LogP contribution in [0.2, 0.25) is 0 Å². The van der Waals surface area contributed by atoms with E-state index in [-0.39, 0.29) is 25.4 Å². The number of amides is 1. The van der Waals surface area contributed by atoms with E-state index in [1.165, 1.54) is 24.6 Å². The Balaban J connectivity index is 0.000000705. The van der Waals surface area contributed by atoms with Crippen LogP contribution in [0.15, 0.2) is 6.07 Å². The number of aromatic nitrogens is 2. The van der Waals surface area contributed by atoms with Crippen molar-refractivity contribution in [3.05, 3.63) is 11.8 Å². The Morgan fingerprint density at radius 2 is 1.96 bits per heavy atom. The molecule has 1 aromatic rings. The molecule has 0 radical (unpaired) electrons. The Labute approximate surface area is 146 Å². The number of halogens is 3. The van der Waals surface area contributed by atoms with Crippen LogP contribution < -0.4 is 5.32 Å². The number of nitrogens with zero attached hydrogens (tertiary/aromatic N) is 2. The van der Waals surface area contributed by atoms with E-state index in [9.17, 15) is 18.0 Å². The Bertz CT molecular complexity index is 569. The third-order valence-corrected chi connectivity index (χ3v) is 3.18. The molecule has 1 aliphatic carbocycles. The number of ether oxygens (including phenoxy) is 1. The Morgan fingerprint density at radius 3 is 2.40 bits per heavy atom. The summed E-state index contributed by atoms with van der Waals surface area (Å²) >= 11 is 0. The highest BCUT2D eigenvalue weighted by Crippen LogP contribution is 2.48. The summed E-state index contributed by atoms with van der Waals surface area (Å²) in [7, 11) is 1.58. The van der Waals surface area contributed by atoms with Gasteiger partial charge in [-0.15, -0.1) is 0 Å². The molecule has 0 aromatic carbocycles. The molecule has 1 saturated carbocycles. The lowest BCUT2D eigenvalue weighted by molar-refractivity contribution is -0.0876. The van der Waals surface area contributed by atoms with Gasteiger partial charge in [0.25, 0.3) is 0 Å². The first-order chi connectivity index (χ1) is 11.3. The molecule has 1 aliphatic rings. The first-order valence-corrected chi connectivity index (χ1v) is 8.33. The number of hydrogen-bond donors (Lipinski definition) is 1. The molecule has 5 nitrogen and oxygen atoms in total. The first kappa shape index (κ1) is 21.3. The smallest absolute Gasteiger partial charge is 0.412 e. The highest BCUT2D eigenvalue weighted by atomic mass is 19.3. The largest absolute Gasteiger partial charge is 0.446 e. The van der Waals surface area contributed by atoms with E-state index >= 15 is 0 Å². The van der Waals surface area contributed by atoms with Crippen LogP contribution in [0.25, 0.3) is 0 Å². The Kier molecular flexibility index (Phi) is 6.90. The lowest BCUT2D eigenvalue weighted by Gasteiger charge is -2.33. The van der Waals surface area contributed by atoms with Gasteiger partial charge in [0.2, 0.25) is 5.92 Å². The van der Waals surface area contributed by atoms with Gasteiger partial charge in [-0.2, -0.15) is 5.10 Å². The van der Waals surface area contributed by atoms with Crippen molar-refractivity contribution in [2.75, 3.05) is 11.9 Å². The summed E-state index contributed by atoms with van der Waals surface area (Å²) in [5, 5.41) is 6.51. The molecule has 0 spiro atoms. The zero-order valence-electron chi connectivity index (χ0n) is 15.7. The second-order valence-corrected chi connectivity index (χ2v) is 7.69. The number of rotatable bonds is 4. The molecule has 2 rings (SSSR count). The molecule has 0 bridgehead atoms. The number of carbonyl (C=O) groups is 1. The molecule has 0 aliphatic heterocycles. The van der Waals surface area contributed by atoms with E-state index in [1.54, 1.807) is 7.05 Å². The second-order valence-electron chi connectivity index (χ2n) is 7.69. The third kappa shape index (κ3) is 7.79. The number of nitrogens with one attached hydrogen (secondary N) is 1. The fourth-order valence-corrected chi connectivity index (χ4v) is 2.05. The average molecular weight is 363 g/mol. The van der Waals surface area contributed by atoms with Crippen molar-refractivity contribution in [3.8, 4) is 0 Å². The molecule has 25 heavy (non-hydrogen) atoms. The maximum absolute atomic E-state index is 13.2. The zero-order valence-corrected chi connectivity index (χ0v) is 15.7. The van der Waals surface area contributed by atoms with Crippen molar-refractivity contribution in [1.29, 1.82) is 0 Å². The molecule has 1 amide bonds. The fourth-order valence-electron chi connectivity index (χ4n) is 2.05. The van der Waals surface area contributed by atoms with Gasteiger partial charge in [-0.1, -0.05) is 20.8 Å². The Hall–Kier alpha value is -1.73. The van der Waals surface area contributed by atoms with Crippen LogP contribution in [-0.4, -0.2) is 34.1 Å². The lowest BCUT2D eigenvalue weighted by atomic mass is 9.79. The SMILES string of the molecule is CC(C)C.Cn1nc(C2CC(F)(F)C2)cc1NC(=O)OCC(C)(C)F. The maximum atomic E-state index is 13.2. The van der Waals surface area contributed by atoms with Crippen LogP contribution in [0, 0.1) is 5.92 Å². The summed E-state index contributed by atoms with van der Waals surface area (Å²) < 4.78 is 45.0. The minimum atomic E-state index is -2.62. The Morgan fingerprint density at radius 1 is 1.44 bits per heavy atom. The molecular formula is C17H28F3N3O2. The molecule has 144 valence electrons. The fraction of sp³-hybridized carbons (Fsp3) is 0.765. The van der Waals surface area contributed by atoms with E-state index in [2.05, 4.69) is 31.2 Å². The quantitative estimate of drug-likeness (QED) is 0.828. The topological polar surface area (TPSA) is 56.2 Å². The molecule has 0 saturated heterocycles. The molecule has 8 heteroatoms. The molecular weight excluding hydrogens is 335 g/mol. The van der Waals surface area contributed by atoms with E-state index in [0.717, 1.165) is 5.92 Å². The summed E-state index contributed by atoms with van der Waals surface area (Å²) in [6, 6.07) is 1.53. The second kappa shape index (κ2) is 8.10. The number of anilines is 1. The van der Waals surface area contributed by atoms with Crippen LogP contribution in [-0.2, 0) is 11.8 Å². The monoisotopic (exact) mass is 363 g/mol. The van der Waals surface area contributed by atoms with Crippen molar-refractivity contribution in [2.24, 2.45) is 13.0 Å². The molecule has 1 fully saturated rings. The van der Waals surface area contributed by atoms with E-state index in [1.807, 2.05) is 0 Å². The number of aryl methyl sites for hydroxylation is 1. The van der Waals surface area contributed by atoms with Crippen LogP contribution in [0.3, 0.4) is 0 Å². The van der Waals surface area contributed by atoms with Gasteiger partial charge in [0.05, 0.1) is 5.69 Å². The van der Waals surface area contributed by atoms with Crippen molar-refractivity contribution in [2.45, 2.75) is 65.0 Å². The molecule has 0 unspecified atom stereocenters. The average Bonchev–Trinajstić information content (AvgIpc) is 2.73. The first-order valence-electron chi connectivity index (χ1n) is 8.33. The van der Waals surface area contributed by atoms with Crippen LogP contribution in [0.5, 0.6) is 0 Å². The van der Waals surface area contributed by atoms with Crippen molar-refractivity contribution < 1.29 is 22.7 Å². The van der Waals surface area contributed by atoms with E-state index in [4.69, 9.17) is 4.74 Å². The van der Waals surface area contributed by atoms with Gasteiger partial charge in [-0.05, 0) is 19.8 Å². The molecule has 0 atom stereocenters. The summed E-state index contributed by atoms with van der Waals surface area (Å²) in [4.78, 5) is 11.5. The normalized spacial score (nSPS) is 16.7. The van der Waals surface area contributed by atoms with Gasteiger partial charge in [0.1, 0.15) is 18.1 Å². The summed E-state index contributed by atoms with van der Waals surface area (Å²) in [6.07, 6.45) is -1.28. The molecule has 1 aromatic heterocycles. The van der Waals surface area contributed by atoms with Gasteiger partial charge in [-0.25, -0.2) is 18.0 Å². The van der Waals surface area contributed by atoms with Gasteiger partial charge in [-0.3, -0.25) is 10.00 Å². The summed E-state index contributed by atoms with van der Waals surface area (Å²) in [6.45, 7) is 8.71. The van der Waals surface area contributed by atoms with Gasteiger partial charge >= 0.3 is 6.09 Å². The van der Waals surface area contributed by atoms with Gasteiger partial charge in [0, 0.05) is 31.9 Å². The highest BCUT2D eigenvalue weighted by Gasteiger charge is 2.47. The van der Waals surface area contributed by atoms with E-state index < -0.39 is 17.7 Å². The summed E-state index contributed by atoms with van der Waals surface area (Å²) in [5.74, 6) is -1.77. The van der Waals surface area contributed by atoms with Crippen LogP contribution in [0.4, 0.5) is 23.8 Å². The van der Waals surface area contributed by atoms with Gasteiger partial charge in [0.15, 0.2) is 0 Å². The van der Waals surface area contributed by atoms with Crippen molar-refractivity contribution >= 4 is 11.9 Å². The van der Waals surface area contributed by atoms with Crippen molar-refractivity contribution in [3.63, 3.8) is 0 Å². The van der Waals surface area contributed by atoms with Gasteiger partial charge < -0.3 is 4.74 Å². The number of carbonyl (C=O) groups excluding carboxylic acids is 1. The maximum Gasteiger partial charge on any atom is 0.412 e. The standard InChI is InChI=1S/C13H18F3N3O2.C4H10/c1-12(2,14)7-21-11(20)17-10-4-9(18-19(10)3)8-5-13(15,16)6-8;1-4(2)3/h4,8H,5-7H2,1-3H3,(H,17,20);4H,1-3H3. The van der Waals surface area contributed by atoms with E-state index in [0.29, 0.717) is 11.5 Å². The molecule has 1 N–H and O–H groups in total. The summed E-state index contributed by atoms with van der Waals surface area (Å²) in [5.41, 5.74) is -1.11. The highest BCUT2D eigenvalue weighted by molar-refractivity contribution is 5.83. The number of alkyl halides is 3. The van der Waals surface area contributed by atoms with Crippen LogP contribution >= 0.6 is 0 Å². The zero-order chi connectivity index (χ0) is 19.4. The minimum absolute atomic E-state index is 0.232. The minimum Gasteiger partial charge on any atom is -0.446 e. The lowest BCUT2D eigenvalue weighted by Crippen LogP contribution is -2.33. The number of hydrogen-bond acceptors (Lipinski definition) is 3. The predicted octanol–water partition coefficient (Wildman–Crippen LogP) is 4.89. The van der Waals surface area contributed by atoms with Crippen LogP contribution in [0.1, 0.15) is 59.1 Å². The van der Waals surface area contributed by atoms with Crippen molar-refractivity contribution in [1.82, 2.24) is 9.78 Å². The predicted molar refractivity (Wildman–Crippen MR) is 90.8 cm³/mol. The third-order valence-electron chi connectivity index (χ3n) is 3.18.